The van der Waals surface area contributed by atoms with Crippen molar-refractivity contribution in [3.8, 4) is 17.5 Å². The summed E-state index contributed by atoms with van der Waals surface area (Å²) in [5, 5.41) is 16.3. The van der Waals surface area contributed by atoms with Crippen LogP contribution in [-0.4, -0.2) is 93.2 Å². The van der Waals surface area contributed by atoms with E-state index < -0.39 is 0 Å². The zero-order valence-corrected chi connectivity index (χ0v) is 29.2. The summed E-state index contributed by atoms with van der Waals surface area (Å²) in [6.45, 7) is 16.7. The number of benzene rings is 1. The maximum absolute atomic E-state index is 13.3. The number of hydrogen-bond donors (Lipinski definition) is 2. The minimum absolute atomic E-state index is 0.0509. The van der Waals surface area contributed by atoms with Crippen molar-refractivity contribution in [2.45, 2.75) is 90.9 Å². The Morgan fingerprint density at radius 3 is 2.48 bits per heavy atom. The van der Waals surface area contributed by atoms with Crippen LogP contribution < -0.4 is 20.3 Å². The maximum Gasteiger partial charge on any atom is 0.251 e. The number of methoxy groups -OCH3 is 1. The first-order valence-corrected chi connectivity index (χ1v) is 17.6. The molecule has 0 bridgehead atoms. The first-order valence-electron chi connectivity index (χ1n) is 17.6. The number of aromatic nitrogens is 4. The summed E-state index contributed by atoms with van der Waals surface area (Å²) >= 11 is 0. The van der Waals surface area contributed by atoms with Crippen molar-refractivity contribution >= 4 is 23.4 Å². The van der Waals surface area contributed by atoms with Crippen molar-refractivity contribution in [3.63, 3.8) is 0 Å². The van der Waals surface area contributed by atoms with Crippen LogP contribution in [0.2, 0.25) is 0 Å². The van der Waals surface area contributed by atoms with Crippen LogP contribution in [0, 0.1) is 17.2 Å². The Morgan fingerprint density at radius 2 is 1.83 bits per heavy atom. The van der Waals surface area contributed by atoms with Crippen LogP contribution in [-0.2, 0) is 0 Å². The molecule has 1 aromatic carbocycles. The summed E-state index contributed by atoms with van der Waals surface area (Å²) in [6.07, 6.45) is 8.47. The molecule has 3 aliphatic rings. The number of nitrogens with zero attached hydrogens (tertiary/aromatic N) is 8. The SMILES string of the molecule is CCC1c2c(C#N)ncn2-c2cnc(Nc3ccc(C(=O)NC4CCC(N5CCN(CC(C)C)CC5)CC4)cc3OC)nc2N1C(C)C. The highest BCUT2D eigenvalue weighted by Gasteiger charge is 2.36. The van der Waals surface area contributed by atoms with Gasteiger partial charge in [-0.15, -0.1) is 0 Å². The van der Waals surface area contributed by atoms with E-state index in [2.05, 4.69) is 76.0 Å². The minimum Gasteiger partial charge on any atom is -0.495 e. The number of piperazine rings is 1. The van der Waals surface area contributed by atoms with Crippen molar-refractivity contribution in [2.24, 2.45) is 5.92 Å². The second-order valence-electron chi connectivity index (χ2n) is 14.0. The molecular weight excluding hydrogens is 604 g/mol. The Hall–Kier alpha value is -4.21. The number of hydrogen-bond acceptors (Lipinski definition) is 10. The highest BCUT2D eigenvalue weighted by Crippen LogP contribution is 2.42. The molecule has 2 fully saturated rings. The van der Waals surface area contributed by atoms with Crippen LogP contribution in [0.15, 0.2) is 30.7 Å². The van der Waals surface area contributed by atoms with Gasteiger partial charge in [0, 0.05) is 56.4 Å². The first-order chi connectivity index (χ1) is 23.2. The number of nitriles is 1. The Balaban J connectivity index is 1.10. The zero-order chi connectivity index (χ0) is 33.9. The van der Waals surface area contributed by atoms with Gasteiger partial charge in [0.1, 0.15) is 23.8 Å². The van der Waals surface area contributed by atoms with E-state index in [1.165, 1.54) is 6.54 Å². The van der Waals surface area contributed by atoms with E-state index in [0.29, 0.717) is 40.6 Å². The number of carbonyl (C=O) groups is 1. The van der Waals surface area contributed by atoms with Gasteiger partial charge in [-0.3, -0.25) is 14.3 Å². The number of carbonyl (C=O) groups excluding carboxylic acids is 1. The number of anilines is 3. The van der Waals surface area contributed by atoms with E-state index in [4.69, 9.17) is 9.72 Å². The highest BCUT2D eigenvalue weighted by molar-refractivity contribution is 5.95. The van der Waals surface area contributed by atoms with E-state index in [9.17, 15) is 10.1 Å². The van der Waals surface area contributed by atoms with Crippen molar-refractivity contribution < 1.29 is 9.53 Å². The Labute approximate surface area is 284 Å². The van der Waals surface area contributed by atoms with Gasteiger partial charge < -0.3 is 25.2 Å². The molecule has 0 spiro atoms. The summed E-state index contributed by atoms with van der Waals surface area (Å²) in [4.78, 5) is 34.7. The molecule has 1 aliphatic carbocycles. The summed E-state index contributed by atoms with van der Waals surface area (Å²) in [5.41, 5.74) is 3.29. The summed E-state index contributed by atoms with van der Waals surface area (Å²) < 4.78 is 7.65. The second-order valence-corrected chi connectivity index (χ2v) is 14.0. The molecule has 3 aromatic rings. The van der Waals surface area contributed by atoms with E-state index >= 15 is 0 Å². The molecule has 1 saturated heterocycles. The van der Waals surface area contributed by atoms with E-state index in [1.807, 2.05) is 16.7 Å². The molecule has 48 heavy (non-hydrogen) atoms. The number of imidazole rings is 1. The largest absolute Gasteiger partial charge is 0.495 e. The lowest BCUT2D eigenvalue weighted by atomic mass is 9.89. The molecule has 256 valence electrons. The lowest BCUT2D eigenvalue weighted by molar-refractivity contribution is 0.0668. The van der Waals surface area contributed by atoms with Gasteiger partial charge >= 0.3 is 0 Å². The molecule has 0 radical (unpaired) electrons. The van der Waals surface area contributed by atoms with Gasteiger partial charge in [-0.25, -0.2) is 9.97 Å². The molecule has 1 amide bonds. The number of amides is 1. The smallest absolute Gasteiger partial charge is 0.251 e. The Bertz CT molecular complexity index is 1630. The summed E-state index contributed by atoms with van der Waals surface area (Å²) in [6, 6.07) is 8.54. The van der Waals surface area contributed by atoms with E-state index in [-0.39, 0.29) is 24.0 Å². The fourth-order valence-corrected chi connectivity index (χ4v) is 7.75. The minimum atomic E-state index is -0.0818. The maximum atomic E-state index is 13.3. The van der Waals surface area contributed by atoms with Gasteiger partial charge in [0.15, 0.2) is 11.5 Å². The number of nitrogens with one attached hydrogen (secondary N) is 2. The third kappa shape index (κ3) is 6.84. The molecule has 2 aliphatic heterocycles. The van der Waals surface area contributed by atoms with Crippen LogP contribution in [0.25, 0.3) is 5.69 Å². The van der Waals surface area contributed by atoms with Gasteiger partial charge in [-0.1, -0.05) is 20.8 Å². The third-order valence-corrected chi connectivity index (χ3v) is 10.0. The average Bonchev–Trinajstić information content (AvgIpc) is 3.52. The highest BCUT2D eigenvalue weighted by atomic mass is 16.5. The zero-order valence-electron chi connectivity index (χ0n) is 29.2. The Morgan fingerprint density at radius 1 is 1.08 bits per heavy atom. The molecule has 12 nitrogen and oxygen atoms in total. The molecule has 2 aromatic heterocycles. The second kappa shape index (κ2) is 14.5. The van der Waals surface area contributed by atoms with Gasteiger partial charge in [-0.2, -0.15) is 10.2 Å². The predicted octanol–water partition coefficient (Wildman–Crippen LogP) is 5.28. The predicted molar refractivity (Wildman–Crippen MR) is 187 cm³/mol. The van der Waals surface area contributed by atoms with Crippen LogP contribution in [0.1, 0.15) is 94.5 Å². The quantitative estimate of drug-likeness (QED) is 0.298. The molecule has 2 N–H and O–H groups in total. The van der Waals surface area contributed by atoms with Crippen molar-refractivity contribution in [1.82, 2.24) is 34.6 Å². The summed E-state index contributed by atoms with van der Waals surface area (Å²) in [7, 11) is 1.60. The summed E-state index contributed by atoms with van der Waals surface area (Å²) in [5.74, 6) is 2.34. The molecule has 12 heteroatoms. The lowest BCUT2D eigenvalue weighted by Crippen LogP contribution is -2.52. The van der Waals surface area contributed by atoms with Gasteiger partial charge in [0.05, 0.1) is 30.7 Å². The topological polar surface area (TPSA) is 127 Å². The fourth-order valence-electron chi connectivity index (χ4n) is 7.75. The molecule has 1 atom stereocenters. The number of fused-ring (bicyclic) bond motifs is 3. The Kier molecular flexibility index (Phi) is 10.2. The molecular formula is C36H50N10O2. The standard InChI is InChI=1S/C36H50N10O2/c1-7-30-33-29(19-37)39-22-45(33)31-20-38-36(42-34(31)46(30)24(4)5)41-28-13-8-25(18-32(28)48-6)35(47)40-26-9-11-27(12-10-26)44-16-14-43(15-17-44)21-23(2)3/h8,13,18,20,22-24,26-27,30H,7,9-12,14-17,21H2,1-6H3,(H,40,47)(H,38,41,42). The van der Waals surface area contributed by atoms with Gasteiger partial charge in [0.2, 0.25) is 5.95 Å². The average molecular weight is 655 g/mol. The monoisotopic (exact) mass is 654 g/mol. The molecule has 1 saturated carbocycles. The fraction of sp³-hybridized carbons (Fsp3) is 0.583. The van der Waals surface area contributed by atoms with Crippen LogP contribution in [0.4, 0.5) is 17.5 Å². The lowest BCUT2D eigenvalue weighted by Gasteiger charge is -2.42. The van der Waals surface area contributed by atoms with Crippen molar-refractivity contribution in [3.05, 3.63) is 47.7 Å². The molecule has 4 heterocycles. The molecule has 6 rings (SSSR count). The van der Waals surface area contributed by atoms with Crippen LogP contribution >= 0.6 is 0 Å². The van der Waals surface area contributed by atoms with Crippen LogP contribution in [0.5, 0.6) is 5.75 Å². The van der Waals surface area contributed by atoms with Crippen molar-refractivity contribution in [1.29, 1.82) is 5.26 Å². The van der Waals surface area contributed by atoms with E-state index in [1.54, 1.807) is 25.7 Å². The van der Waals surface area contributed by atoms with Gasteiger partial charge in [-0.05, 0) is 70.1 Å². The van der Waals surface area contributed by atoms with E-state index in [0.717, 1.165) is 75.5 Å². The third-order valence-electron chi connectivity index (χ3n) is 10.0. The first kappa shape index (κ1) is 33.7. The molecule has 1 unspecified atom stereocenters. The number of ether oxygens (including phenoxy) is 1. The normalized spacial score (nSPS) is 21.5. The van der Waals surface area contributed by atoms with Gasteiger partial charge in [0.25, 0.3) is 5.91 Å². The van der Waals surface area contributed by atoms with Crippen LogP contribution in [0.3, 0.4) is 0 Å². The number of rotatable bonds is 10. The van der Waals surface area contributed by atoms with Crippen molar-refractivity contribution in [2.75, 3.05) is 50.1 Å².